The van der Waals surface area contributed by atoms with Crippen molar-refractivity contribution in [1.82, 2.24) is 10.1 Å². The number of halogens is 1. The van der Waals surface area contributed by atoms with Crippen molar-refractivity contribution >= 4 is 0 Å². The summed E-state index contributed by atoms with van der Waals surface area (Å²) in [4.78, 5) is 3.75. The van der Waals surface area contributed by atoms with Crippen molar-refractivity contribution in [2.75, 3.05) is 0 Å². The highest BCUT2D eigenvalue weighted by Crippen LogP contribution is 2.16. The van der Waals surface area contributed by atoms with Crippen molar-refractivity contribution in [2.24, 2.45) is 0 Å². The summed E-state index contributed by atoms with van der Waals surface area (Å²) in [5, 5.41) is 3.87. The molecule has 0 amide bonds. The minimum absolute atomic E-state index is 0.237. The van der Waals surface area contributed by atoms with Crippen LogP contribution < -0.4 is 4.74 Å². The van der Waals surface area contributed by atoms with E-state index in [1.165, 1.54) is 6.07 Å². The fourth-order valence-electron chi connectivity index (χ4n) is 1.93. The summed E-state index contributed by atoms with van der Waals surface area (Å²) in [6, 6.07) is 14.1. The summed E-state index contributed by atoms with van der Waals surface area (Å²) in [6.07, 6.45) is 2.26. The van der Waals surface area contributed by atoms with Gasteiger partial charge in [-0.25, -0.2) is 4.98 Å². The molecule has 0 spiro atoms. The van der Waals surface area contributed by atoms with Gasteiger partial charge in [0.15, 0.2) is 0 Å². The maximum Gasteiger partial charge on any atom is 0.213 e. The van der Waals surface area contributed by atoms with E-state index in [4.69, 9.17) is 9.26 Å². The molecule has 0 saturated heterocycles. The first-order valence-electron chi connectivity index (χ1n) is 6.52. The molecular weight excluding hydrogens is 271 g/mol. The Bertz CT molecular complexity index is 697. The summed E-state index contributed by atoms with van der Waals surface area (Å²) >= 11 is 0. The number of rotatable bonds is 5. The summed E-state index contributed by atoms with van der Waals surface area (Å²) in [5.74, 6) is 0.212. The molecule has 0 aliphatic rings. The lowest BCUT2D eigenvalue weighted by Crippen LogP contribution is -1.99. The van der Waals surface area contributed by atoms with Gasteiger partial charge in [0, 0.05) is 12.5 Å². The van der Waals surface area contributed by atoms with Crippen LogP contribution in [0.25, 0.3) is 0 Å². The highest BCUT2D eigenvalue weighted by Gasteiger charge is 2.02. The maximum absolute atomic E-state index is 12.9. The first-order chi connectivity index (χ1) is 10.3. The zero-order chi connectivity index (χ0) is 14.5. The molecule has 2 heterocycles. The van der Waals surface area contributed by atoms with Gasteiger partial charge in [0.05, 0.1) is 11.4 Å². The largest absolute Gasteiger partial charge is 0.487 e. The van der Waals surface area contributed by atoms with Crippen LogP contribution in [-0.4, -0.2) is 10.1 Å². The van der Waals surface area contributed by atoms with Gasteiger partial charge in [0.2, 0.25) is 5.95 Å². The van der Waals surface area contributed by atoms with Crippen LogP contribution in [0.15, 0.2) is 59.3 Å². The summed E-state index contributed by atoms with van der Waals surface area (Å²) < 4.78 is 23.3. The SMILES string of the molecule is Fc1cccc(COc2ccc(Cc3ccon3)cc2)n1. The van der Waals surface area contributed by atoms with Gasteiger partial charge >= 0.3 is 0 Å². The molecule has 4 nitrogen and oxygen atoms in total. The molecule has 0 N–H and O–H groups in total. The Hall–Kier alpha value is -2.69. The molecule has 0 unspecified atom stereocenters. The Morgan fingerprint density at radius 3 is 2.57 bits per heavy atom. The van der Waals surface area contributed by atoms with Crippen molar-refractivity contribution in [3.63, 3.8) is 0 Å². The van der Waals surface area contributed by atoms with Crippen LogP contribution in [-0.2, 0) is 13.0 Å². The zero-order valence-electron chi connectivity index (χ0n) is 11.2. The van der Waals surface area contributed by atoms with Gasteiger partial charge in [-0.15, -0.1) is 0 Å². The van der Waals surface area contributed by atoms with Gasteiger partial charge in [-0.3, -0.25) is 0 Å². The molecule has 0 radical (unpaired) electrons. The molecular formula is C16H13FN2O2. The molecule has 0 fully saturated rings. The van der Waals surface area contributed by atoms with Crippen LogP contribution in [0, 0.1) is 5.95 Å². The second-order valence-electron chi connectivity index (χ2n) is 4.55. The van der Waals surface area contributed by atoms with Crippen LogP contribution in [0.2, 0.25) is 0 Å². The number of benzene rings is 1. The van der Waals surface area contributed by atoms with Crippen LogP contribution in [0.3, 0.4) is 0 Å². The van der Waals surface area contributed by atoms with E-state index < -0.39 is 5.95 Å². The fraction of sp³-hybridized carbons (Fsp3) is 0.125. The van der Waals surface area contributed by atoms with Gasteiger partial charge in [-0.2, -0.15) is 4.39 Å². The van der Waals surface area contributed by atoms with Crippen molar-refractivity contribution in [3.8, 4) is 5.75 Å². The van der Waals surface area contributed by atoms with Crippen LogP contribution in [0.5, 0.6) is 5.75 Å². The van der Waals surface area contributed by atoms with Crippen molar-refractivity contribution in [1.29, 1.82) is 0 Å². The molecule has 2 aromatic heterocycles. The Labute approximate surface area is 121 Å². The number of hydrogen-bond donors (Lipinski definition) is 0. The lowest BCUT2D eigenvalue weighted by molar-refractivity contribution is 0.299. The van der Waals surface area contributed by atoms with E-state index in [0.29, 0.717) is 17.9 Å². The van der Waals surface area contributed by atoms with E-state index >= 15 is 0 Å². The number of nitrogens with zero attached hydrogens (tertiary/aromatic N) is 2. The third-order valence-corrected chi connectivity index (χ3v) is 2.96. The molecule has 0 atom stereocenters. The highest BCUT2D eigenvalue weighted by atomic mass is 19.1. The van der Waals surface area contributed by atoms with Gasteiger partial charge in [-0.1, -0.05) is 23.4 Å². The summed E-state index contributed by atoms with van der Waals surface area (Å²) in [7, 11) is 0. The van der Waals surface area contributed by atoms with E-state index in [9.17, 15) is 4.39 Å². The van der Waals surface area contributed by atoms with Gasteiger partial charge in [-0.05, 0) is 29.8 Å². The molecule has 5 heteroatoms. The topological polar surface area (TPSA) is 48.2 Å². The summed E-state index contributed by atoms with van der Waals surface area (Å²) in [5.41, 5.74) is 2.55. The van der Waals surface area contributed by atoms with Crippen LogP contribution >= 0.6 is 0 Å². The van der Waals surface area contributed by atoms with E-state index in [0.717, 1.165) is 11.3 Å². The van der Waals surface area contributed by atoms with E-state index in [2.05, 4.69) is 10.1 Å². The number of ether oxygens (including phenoxy) is 1. The Kier molecular flexibility index (Phi) is 3.91. The number of pyridine rings is 1. The van der Waals surface area contributed by atoms with Crippen molar-refractivity contribution < 1.29 is 13.7 Å². The predicted molar refractivity (Wildman–Crippen MR) is 74.3 cm³/mol. The lowest BCUT2D eigenvalue weighted by atomic mass is 10.1. The molecule has 21 heavy (non-hydrogen) atoms. The van der Waals surface area contributed by atoms with Crippen molar-refractivity contribution in [2.45, 2.75) is 13.0 Å². The Morgan fingerprint density at radius 2 is 1.86 bits per heavy atom. The normalized spacial score (nSPS) is 10.5. The number of hydrogen-bond acceptors (Lipinski definition) is 4. The number of aromatic nitrogens is 2. The monoisotopic (exact) mass is 284 g/mol. The summed E-state index contributed by atoms with van der Waals surface area (Å²) in [6.45, 7) is 0.237. The standard InChI is InChI=1S/C16H13FN2O2/c17-16-3-1-2-14(18-16)11-20-15-6-4-12(5-7-15)10-13-8-9-21-19-13/h1-9H,10-11H2. The zero-order valence-corrected chi connectivity index (χ0v) is 11.2. The quantitative estimate of drug-likeness (QED) is 0.674. The third kappa shape index (κ3) is 3.66. The molecule has 3 aromatic rings. The van der Waals surface area contributed by atoms with Gasteiger partial charge in [0.1, 0.15) is 18.6 Å². The second kappa shape index (κ2) is 6.17. The fourth-order valence-corrected chi connectivity index (χ4v) is 1.93. The van der Waals surface area contributed by atoms with Gasteiger partial charge < -0.3 is 9.26 Å². The van der Waals surface area contributed by atoms with Crippen molar-refractivity contribution in [3.05, 3.63) is 77.7 Å². The van der Waals surface area contributed by atoms with Gasteiger partial charge in [0.25, 0.3) is 0 Å². The predicted octanol–water partition coefficient (Wildman–Crippen LogP) is 3.38. The first-order valence-corrected chi connectivity index (χ1v) is 6.52. The third-order valence-electron chi connectivity index (χ3n) is 2.96. The van der Waals surface area contributed by atoms with E-state index in [1.54, 1.807) is 18.4 Å². The molecule has 106 valence electrons. The minimum atomic E-state index is -0.501. The van der Waals surface area contributed by atoms with E-state index in [-0.39, 0.29) is 6.61 Å². The average Bonchev–Trinajstić information content (AvgIpc) is 3.00. The lowest BCUT2D eigenvalue weighted by Gasteiger charge is -2.06. The minimum Gasteiger partial charge on any atom is -0.487 e. The second-order valence-corrected chi connectivity index (χ2v) is 4.55. The smallest absolute Gasteiger partial charge is 0.213 e. The van der Waals surface area contributed by atoms with Crippen LogP contribution in [0.1, 0.15) is 17.0 Å². The molecule has 0 aliphatic carbocycles. The molecule has 0 bridgehead atoms. The van der Waals surface area contributed by atoms with Crippen LogP contribution in [0.4, 0.5) is 4.39 Å². The molecule has 0 saturated carbocycles. The maximum atomic E-state index is 12.9. The Balaban J connectivity index is 1.59. The first kappa shape index (κ1) is 13.3. The molecule has 1 aromatic carbocycles. The van der Waals surface area contributed by atoms with E-state index in [1.807, 2.05) is 30.3 Å². The Morgan fingerprint density at radius 1 is 1.00 bits per heavy atom. The molecule has 3 rings (SSSR count). The highest BCUT2D eigenvalue weighted by molar-refractivity contribution is 5.29. The molecule has 0 aliphatic heterocycles. The average molecular weight is 284 g/mol.